The summed E-state index contributed by atoms with van der Waals surface area (Å²) in [6.07, 6.45) is 0.748. The molecule has 0 aliphatic carbocycles. The van der Waals surface area contributed by atoms with Crippen LogP contribution in [-0.2, 0) is 16.1 Å². The topological polar surface area (TPSA) is 88.1 Å². The van der Waals surface area contributed by atoms with Crippen molar-refractivity contribution in [3.8, 4) is 5.75 Å². The molecule has 2 heterocycles. The Labute approximate surface area is 140 Å². The molecule has 1 aromatic carbocycles. The quantitative estimate of drug-likeness (QED) is 0.643. The van der Waals surface area contributed by atoms with Gasteiger partial charge in [-0.2, -0.15) is 0 Å². The SMILES string of the molecule is CCC1(C(=O)N2Cc3ccc(C(=O)NO)cc3OC[C@@H]2C)COC1. The maximum atomic E-state index is 13.0. The molecule has 1 atom stereocenters. The summed E-state index contributed by atoms with van der Waals surface area (Å²) in [6, 6.07) is 4.87. The van der Waals surface area contributed by atoms with Crippen molar-refractivity contribution in [2.24, 2.45) is 5.41 Å². The van der Waals surface area contributed by atoms with Gasteiger partial charge in [-0.3, -0.25) is 14.8 Å². The molecule has 0 aromatic heterocycles. The van der Waals surface area contributed by atoms with Crippen LogP contribution in [0, 0.1) is 5.41 Å². The van der Waals surface area contributed by atoms with Crippen LogP contribution in [0.25, 0.3) is 0 Å². The van der Waals surface area contributed by atoms with Crippen LogP contribution in [0.4, 0.5) is 0 Å². The van der Waals surface area contributed by atoms with Crippen molar-refractivity contribution in [1.82, 2.24) is 10.4 Å². The summed E-state index contributed by atoms with van der Waals surface area (Å²) in [5, 5.41) is 8.75. The first-order valence-corrected chi connectivity index (χ1v) is 8.09. The lowest BCUT2D eigenvalue weighted by Crippen LogP contribution is -2.57. The standard InChI is InChI=1S/C17H22N2O5/c1-3-17(9-23-10-17)16(21)19-7-13-5-4-12(15(20)18-22)6-14(13)24-8-11(19)2/h4-6,11,22H,3,7-10H2,1-2H3,(H,18,20)/t11-/m0/s1. The minimum atomic E-state index is -0.594. The Morgan fingerprint density at radius 1 is 1.42 bits per heavy atom. The largest absolute Gasteiger partial charge is 0.491 e. The highest BCUT2D eigenvalue weighted by molar-refractivity contribution is 5.94. The van der Waals surface area contributed by atoms with Gasteiger partial charge >= 0.3 is 0 Å². The maximum absolute atomic E-state index is 13.0. The van der Waals surface area contributed by atoms with Crippen molar-refractivity contribution in [2.45, 2.75) is 32.9 Å². The highest BCUT2D eigenvalue weighted by Crippen LogP contribution is 2.36. The van der Waals surface area contributed by atoms with E-state index in [0.717, 1.165) is 12.0 Å². The van der Waals surface area contributed by atoms with E-state index in [4.69, 9.17) is 14.7 Å². The van der Waals surface area contributed by atoms with Crippen molar-refractivity contribution >= 4 is 11.8 Å². The van der Waals surface area contributed by atoms with Crippen LogP contribution >= 0.6 is 0 Å². The Kier molecular flexibility index (Phi) is 4.47. The highest BCUT2D eigenvalue weighted by Gasteiger charge is 2.47. The van der Waals surface area contributed by atoms with Crippen LogP contribution in [0.5, 0.6) is 5.75 Å². The zero-order valence-corrected chi connectivity index (χ0v) is 13.9. The van der Waals surface area contributed by atoms with E-state index in [1.165, 1.54) is 0 Å². The smallest absolute Gasteiger partial charge is 0.274 e. The first kappa shape index (κ1) is 16.7. The van der Waals surface area contributed by atoms with Crippen LogP contribution in [-0.4, -0.2) is 47.8 Å². The number of hydrogen-bond acceptors (Lipinski definition) is 5. The van der Waals surface area contributed by atoms with Gasteiger partial charge in [-0.05, 0) is 25.5 Å². The van der Waals surface area contributed by atoms with Crippen molar-refractivity contribution in [3.63, 3.8) is 0 Å². The Morgan fingerprint density at radius 3 is 2.75 bits per heavy atom. The molecule has 1 aromatic rings. The van der Waals surface area contributed by atoms with Crippen molar-refractivity contribution in [2.75, 3.05) is 19.8 Å². The molecule has 7 nitrogen and oxygen atoms in total. The van der Waals surface area contributed by atoms with Crippen LogP contribution < -0.4 is 10.2 Å². The predicted molar refractivity (Wildman–Crippen MR) is 84.7 cm³/mol. The summed E-state index contributed by atoms with van der Waals surface area (Å²) in [7, 11) is 0. The molecule has 0 saturated carbocycles. The van der Waals surface area contributed by atoms with Gasteiger partial charge < -0.3 is 14.4 Å². The second kappa shape index (κ2) is 6.41. The number of carbonyl (C=O) groups is 2. The Morgan fingerprint density at radius 2 is 2.17 bits per heavy atom. The van der Waals surface area contributed by atoms with Crippen LogP contribution in [0.15, 0.2) is 18.2 Å². The number of fused-ring (bicyclic) bond motifs is 1. The zero-order chi connectivity index (χ0) is 17.3. The third-order valence-corrected chi connectivity index (χ3v) is 4.93. The number of carbonyl (C=O) groups excluding carboxylic acids is 2. The molecular formula is C17H22N2O5. The fourth-order valence-electron chi connectivity index (χ4n) is 3.07. The predicted octanol–water partition coefficient (Wildman–Crippen LogP) is 1.34. The monoisotopic (exact) mass is 334 g/mol. The summed E-state index contributed by atoms with van der Waals surface area (Å²) >= 11 is 0. The average Bonchev–Trinajstić information content (AvgIpc) is 2.72. The second-order valence-corrected chi connectivity index (χ2v) is 6.48. The molecule has 0 spiro atoms. The highest BCUT2D eigenvalue weighted by atomic mass is 16.5. The van der Waals surface area contributed by atoms with E-state index in [-0.39, 0.29) is 11.9 Å². The maximum Gasteiger partial charge on any atom is 0.274 e. The summed E-state index contributed by atoms with van der Waals surface area (Å²) < 4.78 is 11.1. The summed E-state index contributed by atoms with van der Waals surface area (Å²) in [5.74, 6) is 0.0641. The third-order valence-electron chi connectivity index (χ3n) is 4.93. The molecule has 2 amide bonds. The normalized spacial score (nSPS) is 21.8. The van der Waals surface area contributed by atoms with Gasteiger partial charge in [-0.25, -0.2) is 5.48 Å². The first-order valence-electron chi connectivity index (χ1n) is 8.09. The molecule has 1 saturated heterocycles. The molecule has 2 aliphatic heterocycles. The molecule has 0 bridgehead atoms. The van der Waals surface area contributed by atoms with Crippen LogP contribution in [0.1, 0.15) is 36.2 Å². The lowest BCUT2D eigenvalue weighted by molar-refractivity contribution is -0.176. The van der Waals surface area contributed by atoms with Crippen molar-refractivity contribution < 1.29 is 24.3 Å². The fourth-order valence-corrected chi connectivity index (χ4v) is 3.07. The van der Waals surface area contributed by atoms with Gasteiger partial charge in [0.15, 0.2) is 0 Å². The number of hydroxylamine groups is 1. The van der Waals surface area contributed by atoms with Gasteiger partial charge in [0.25, 0.3) is 5.91 Å². The van der Waals surface area contributed by atoms with Crippen LogP contribution in [0.2, 0.25) is 0 Å². The van der Waals surface area contributed by atoms with Gasteiger partial charge in [0, 0.05) is 17.7 Å². The van der Waals surface area contributed by atoms with Crippen molar-refractivity contribution in [3.05, 3.63) is 29.3 Å². The van der Waals surface area contributed by atoms with E-state index in [0.29, 0.717) is 37.7 Å². The van der Waals surface area contributed by atoms with Crippen LogP contribution in [0.3, 0.4) is 0 Å². The number of nitrogens with one attached hydrogen (secondary N) is 1. The molecular weight excluding hydrogens is 312 g/mol. The Hall–Kier alpha value is -2.12. The molecule has 2 N–H and O–H groups in total. The lowest BCUT2D eigenvalue weighted by Gasteiger charge is -2.43. The van der Waals surface area contributed by atoms with Crippen molar-refractivity contribution in [1.29, 1.82) is 0 Å². The molecule has 3 rings (SSSR count). The van der Waals surface area contributed by atoms with Gasteiger partial charge in [0.1, 0.15) is 12.4 Å². The second-order valence-electron chi connectivity index (χ2n) is 6.48. The number of nitrogens with zero attached hydrogens (tertiary/aromatic N) is 1. The molecule has 7 heteroatoms. The van der Waals surface area contributed by atoms with E-state index in [1.54, 1.807) is 23.7 Å². The summed E-state index contributed by atoms with van der Waals surface area (Å²) in [4.78, 5) is 26.4. The summed E-state index contributed by atoms with van der Waals surface area (Å²) in [5.41, 5.74) is 2.34. The minimum Gasteiger partial charge on any atom is -0.491 e. The average molecular weight is 334 g/mol. The number of rotatable bonds is 3. The fraction of sp³-hybridized carbons (Fsp3) is 0.529. The molecule has 130 valence electrons. The van der Waals surface area contributed by atoms with Gasteiger partial charge in [-0.15, -0.1) is 0 Å². The van der Waals surface area contributed by atoms with Gasteiger partial charge in [0.2, 0.25) is 5.91 Å². The number of amides is 2. The molecule has 2 aliphatic rings. The minimum absolute atomic E-state index is 0.0796. The zero-order valence-electron chi connectivity index (χ0n) is 13.9. The number of ether oxygens (including phenoxy) is 2. The van der Waals surface area contributed by atoms with E-state index < -0.39 is 11.3 Å². The molecule has 0 radical (unpaired) electrons. The molecule has 24 heavy (non-hydrogen) atoms. The molecule has 1 fully saturated rings. The number of hydrogen-bond donors (Lipinski definition) is 2. The first-order chi connectivity index (χ1) is 11.5. The van der Waals surface area contributed by atoms with Gasteiger partial charge in [0.05, 0.1) is 24.7 Å². The summed E-state index contributed by atoms with van der Waals surface area (Å²) in [6.45, 7) is 5.67. The molecule has 0 unspecified atom stereocenters. The van der Waals surface area contributed by atoms with E-state index in [1.807, 2.05) is 18.7 Å². The third kappa shape index (κ3) is 2.74. The Bertz CT molecular complexity index is 651. The Balaban J connectivity index is 1.87. The van der Waals surface area contributed by atoms with E-state index in [2.05, 4.69) is 0 Å². The van der Waals surface area contributed by atoms with E-state index >= 15 is 0 Å². The van der Waals surface area contributed by atoms with Gasteiger partial charge in [-0.1, -0.05) is 13.0 Å². The number of benzene rings is 1. The van der Waals surface area contributed by atoms with E-state index in [9.17, 15) is 9.59 Å². The lowest BCUT2D eigenvalue weighted by atomic mass is 9.81.